The van der Waals surface area contributed by atoms with Gasteiger partial charge >= 0.3 is 5.92 Å². The second-order valence-electron chi connectivity index (χ2n) is 5.85. The molecule has 1 fully saturated rings. The topological polar surface area (TPSA) is 51.0 Å². The predicted octanol–water partition coefficient (Wildman–Crippen LogP) is 2.16. The molecule has 3 heterocycles. The van der Waals surface area contributed by atoms with Crippen LogP contribution >= 0.6 is 0 Å². The first-order valence-corrected chi connectivity index (χ1v) is 7.29. The standard InChI is InChI=1S/C15H13F3N4O/c16-10-7-21(8-10)13(23)12-19-14-15(17,18)6-11(22(14)20-12)9-4-2-1-3-5-9/h1-5,10-11H,6-8H2. The monoisotopic (exact) mass is 322 g/mol. The molecular formula is C15H13F3N4O. The number of alkyl halides is 3. The zero-order chi connectivity index (χ0) is 16.2. The molecule has 0 saturated carbocycles. The number of rotatable bonds is 2. The highest BCUT2D eigenvalue weighted by atomic mass is 19.3. The number of aromatic nitrogens is 3. The maximum Gasteiger partial charge on any atom is 0.308 e. The molecule has 1 aromatic heterocycles. The van der Waals surface area contributed by atoms with Crippen molar-refractivity contribution in [3.8, 4) is 0 Å². The average molecular weight is 322 g/mol. The molecule has 2 aliphatic heterocycles. The highest BCUT2D eigenvalue weighted by Crippen LogP contribution is 2.45. The first-order valence-electron chi connectivity index (χ1n) is 7.29. The van der Waals surface area contributed by atoms with Gasteiger partial charge in [0.15, 0.2) is 5.82 Å². The maximum absolute atomic E-state index is 14.2. The Morgan fingerprint density at radius 3 is 2.57 bits per heavy atom. The van der Waals surface area contributed by atoms with E-state index in [0.717, 1.165) is 4.68 Å². The quantitative estimate of drug-likeness (QED) is 0.851. The number of halogens is 3. The lowest BCUT2D eigenvalue weighted by Gasteiger charge is -2.33. The summed E-state index contributed by atoms with van der Waals surface area (Å²) in [5.74, 6) is -4.56. The molecule has 2 aromatic rings. The van der Waals surface area contributed by atoms with E-state index >= 15 is 0 Å². The third-order valence-corrected chi connectivity index (χ3v) is 4.20. The first kappa shape index (κ1) is 14.2. The van der Waals surface area contributed by atoms with Crippen molar-refractivity contribution in [2.45, 2.75) is 24.6 Å². The third kappa shape index (κ3) is 2.20. The van der Waals surface area contributed by atoms with Gasteiger partial charge in [-0.3, -0.25) is 4.79 Å². The minimum Gasteiger partial charge on any atom is -0.330 e. The highest BCUT2D eigenvalue weighted by molar-refractivity contribution is 5.91. The van der Waals surface area contributed by atoms with Crippen molar-refractivity contribution in [3.05, 3.63) is 47.5 Å². The lowest BCUT2D eigenvalue weighted by Crippen LogP contribution is -2.51. The maximum atomic E-state index is 14.2. The largest absolute Gasteiger partial charge is 0.330 e. The van der Waals surface area contributed by atoms with Gasteiger partial charge < -0.3 is 4.90 Å². The molecule has 5 nitrogen and oxygen atoms in total. The van der Waals surface area contributed by atoms with E-state index in [1.807, 2.05) is 0 Å². The summed E-state index contributed by atoms with van der Waals surface area (Å²) in [5.41, 5.74) is 0.683. The molecule has 4 rings (SSSR count). The molecule has 23 heavy (non-hydrogen) atoms. The number of carbonyl (C=O) groups excluding carboxylic acids is 1. The number of fused-ring (bicyclic) bond motifs is 1. The SMILES string of the molecule is O=C(c1nc2n(n1)C(c1ccccc1)CC2(F)F)N1CC(F)C1. The minimum absolute atomic E-state index is 0.0405. The van der Waals surface area contributed by atoms with Crippen LogP contribution in [0.4, 0.5) is 13.2 Å². The Bertz CT molecular complexity index is 755. The van der Waals surface area contributed by atoms with Gasteiger partial charge in [-0.1, -0.05) is 30.3 Å². The van der Waals surface area contributed by atoms with Crippen LogP contribution in [0, 0.1) is 0 Å². The molecule has 1 aromatic carbocycles. The van der Waals surface area contributed by atoms with Gasteiger partial charge in [-0.05, 0) is 5.56 Å². The summed E-state index contributed by atoms with van der Waals surface area (Å²) < 4.78 is 42.4. The van der Waals surface area contributed by atoms with Crippen LogP contribution in [0.5, 0.6) is 0 Å². The molecule has 1 atom stereocenters. The van der Waals surface area contributed by atoms with E-state index in [9.17, 15) is 18.0 Å². The van der Waals surface area contributed by atoms with Crippen LogP contribution in [-0.4, -0.2) is 44.8 Å². The van der Waals surface area contributed by atoms with Crippen molar-refractivity contribution >= 4 is 5.91 Å². The number of amides is 1. The Labute approximate surface area is 129 Å². The number of benzene rings is 1. The van der Waals surface area contributed by atoms with Crippen molar-refractivity contribution < 1.29 is 18.0 Å². The van der Waals surface area contributed by atoms with Crippen LogP contribution in [0.25, 0.3) is 0 Å². The van der Waals surface area contributed by atoms with Gasteiger partial charge in [0.2, 0.25) is 5.82 Å². The smallest absolute Gasteiger partial charge is 0.308 e. The molecule has 0 N–H and O–H groups in total. The van der Waals surface area contributed by atoms with Gasteiger partial charge in [-0.2, -0.15) is 8.78 Å². The molecule has 0 bridgehead atoms. The molecule has 2 aliphatic rings. The average Bonchev–Trinajstić information content (AvgIpc) is 3.04. The molecule has 1 amide bonds. The lowest BCUT2D eigenvalue weighted by molar-refractivity contribution is -0.00897. The number of carbonyl (C=O) groups is 1. The van der Waals surface area contributed by atoms with Gasteiger partial charge in [0.25, 0.3) is 5.91 Å². The zero-order valence-electron chi connectivity index (χ0n) is 12.0. The molecule has 0 aliphatic carbocycles. The summed E-state index contributed by atoms with van der Waals surface area (Å²) in [6, 6.07) is 8.13. The number of hydrogen-bond donors (Lipinski definition) is 0. The van der Waals surface area contributed by atoms with E-state index in [1.54, 1.807) is 30.3 Å². The van der Waals surface area contributed by atoms with Crippen molar-refractivity contribution in [1.29, 1.82) is 0 Å². The van der Waals surface area contributed by atoms with E-state index < -0.39 is 36.3 Å². The van der Waals surface area contributed by atoms with Gasteiger partial charge in [0, 0.05) is 6.42 Å². The number of nitrogens with zero attached hydrogens (tertiary/aromatic N) is 4. The summed E-state index contributed by atoms with van der Waals surface area (Å²) in [6.45, 7) is -0.0809. The van der Waals surface area contributed by atoms with Gasteiger partial charge in [-0.15, -0.1) is 5.10 Å². The van der Waals surface area contributed by atoms with Crippen molar-refractivity contribution in [2.75, 3.05) is 13.1 Å². The van der Waals surface area contributed by atoms with E-state index in [2.05, 4.69) is 10.1 Å². The fourth-order valence-electron chi connectivity index (χ4n) is 2.97. The Morgan fingerprint density at radius 1 is 1.22 bits per heavy atom. The number of hydrogen-bond acceptors (Lipinski definition) is 3. The van der Waals surface area contributed by atoms with Crippen LogP contribution in [0.15, 0.2) is 30.3 Å². The Morgan fingerprint density at radius 2 is 1.91 bits per heavy atom. The minimum atomic E-state index is -3.15. The Kier molecular flexibility index (Phi) is 2.97. The van der Waals surface area contributed by atoms with Crippen LogP contribution in [0.1, 0.15) is 34.5 Å². The van der Waals surface area contributed by atoms with Gasteiger partial charge in [-0.25, -0.2) is 14.1 Å². The molecule has 1 saturated heterocycles. The molecular weight excluding hydrogens is 309 g/mol. The fraction of sp³-hybridized carbons (Fsp3) is 0.400. The van der Waals surface area contributed by atoms with Crippen LogP contribution in [-0.2, 0) is 5.92 Å². The third-order valence-electron chi connectivity index (χ3n) is 4.20. The van der Waals surface area contributed by atoms with Crippen LogP contribution < -0.4 is 0 Å². The molecule has 0 spiro atoms. The van der Waals surface area contributed by atoms with E-state index in [-0.39, 0.29) is 18.9 Å². The predicted molar refractivity (Wildman–Crippen MR) is 73.9 cm³/mol. The Hall–Kier alpha value is -2.38. The summed E-state index contributed by atoms with van der Waals surface area (Å²) in [4.78, 5) is 17.1. The summed E-state index contributed by atoms with van der Waals surface area (Å²) >= 11 is 0. The van der Waals surface area contributed by atoms with Gasteiger partial charge in [0.05, 0.1) is 19.1 Å². The lowest BCUT2D eigenvalue weighted by atomic mass is 10.0. The van der Waals surface area contributed by atoms with E-state index in [4.69, 9.17) is 0 Å². The first-order chi connectivity index (χ1) is 11.0. The van der Waals surface area contributed by atoms with E-state index in [0.29, 0.717) is 5.56 Å². The second-order valence-corrected chi connectivity index (χ2v) is 5.85. The fourth-order valence-corrected chi connectivity index (χ4v) is 2.97. The normalized spacial score (nSPS) is 22.7. The van der Waals surface area contributed by atoms with Crippen molar-refractivity contribution in [3.63, 3.8) is 0 Å². The molecule has 0 radical (unpaired) electrons. The van der Waals surface area contributed by atoms with E-state index in [1.165, 1.54) is 4.90 Å². The van der Waals surface area contributed by atoms with Crippen LogP contribution in [0.3, 0.4) is 0 Å². The molecule has 1 unspecified atom stereocenters. The highest BCUT2D eigenvalue weighted by Gasteiger charge is 2.49. The zero-order valence-corrected chi connectivity index (χ0v) is 12.0. The summed E-state index contributed by atoms with van der Waals surface area (Å²) in [6.07, 6.45) is -1.50. The van der Waals surface area contributed by atoms with Crippen molar-refractivity contribution in [2.24, 2.45) is 0 Å². The Balaban J connectivity index is 1.69. The summed E-state index contributed by atoms with van der Waals surface area (Å²) in [5, 5.41) is 3.98. The second kappa shape index (κ2) is 4.81. The molecule has 8 heteroatoms. The number of likely N-dealkylation sites (tertiary alicyclic amines) is 1. The van der Waals surface area contributed by atoms with Crippen LogP contribution in [0.2, 0.25) is 0 Å². The summed E-state index contributed by atoms with van der Waals surface area (Å²) in [7, 11) is 0. The van der Waals surface area contributed by atoms with Gasteiger partial charge in [0.1, 0.15) is 6.17 Å². The molecule has 120 valence electrons. The van der Waals surface area contributed by atoms with Crippen molar-refractivity contribution in [1.82, 2.24) is 19.7 Å².